The van der Waals surface area contributed by atoms with Crippen molar-refractivity contribution in [3.8, 4) is 0 Å². The van der Waals surface area contributed by atoms with Crippen LogP contribution >= 0.6 is 0 Å². The van der Waals surface area contributed by atoms with Gasteiger partial charge in [-0.25, -0.2) is 0 Å². The first-order chi connectivity index (χ1) is 11.1. The second kappa shape index (κ2) is 8.67. The Hall–Kier alpha value is -1.88. The topological polar surface area (TPSA) is 70.2 Å². The highest BCUT2D eigenvalue weighted by atomic mass is 16.2. The predicted molar refractivity (Wildman–Crippen MR) is 93.6 cm³/mol. The average Bonchev–Trinajstić information content (AvgIpc) is 2.57. The molecular weight excluding hydrogens is 290 g/mol. The van der Waals surface area contributed by atoms with Crippen molar-refractivity contribution < 1.29 is 9.59 Å². The number of carbonyl (C=O) groups is 2. The van der Waals surface area contributed by atoms with Crippen molar-refractivity contribution >= 4 is 23.2 Å². The van der Waals surface area contributed by atoms with Crippen LogP contribution in [0.5, 0.6) is 0 Å². The van der Waals surface area contributed by atoms with Crippen LogP contribution in [0.1, 0.15) is 44.6 Å². The normalized spacial score (nSPS) is 15.2. The molecule has 0 radical (unpaired) electrons. The van der Waals surface area contributed by atoms with Crippen LogP contribution in [0.2, 0.25) is 0 Å². The molecule has 0 unspecified atom stereocenters. The Morgan fingerprint density at radius 1 is 1.17 bits per heavy atom. The lowest BCUT2D eigenvalue weighted by atomic mass is 9.93. The lowest BCUT2D eigenvalue weighted by Gasteiger charge is -2.22. The van der Waals surface area contributed by atoms with Gasteiger partial charge in [0.05, 0.1) is 0 Å². The zero-order chi connectivity index (χ0) is 16.7. The molecule has 2 amide bonds. The van der Waals surface area contributed by atoms with E-state index in [1.54, 1.807) is 0 Å². The SMILES string of the molecule is CCC(=O)Nc1ccc(C)c(NC(=O)CCC2CCNCC2)c1. The molecule has 23 heavy (non-hydrogen) atoms. The Morgan fingerprint density at radius 3 is 2.61 bits per heavy atom. The molecule has 0 aliphatic carbocycles. The first-order valence-electron chi connectivity index (χ1n) is 8.49. The number of aryl methyl sites for hydroxylation is 1. The maximum Gasteiger partial charge on any atom is 0.224 e. The summed E-state index contributed by atoms with van der Waals surface area (Å²) in [5.41, 5.74) is 2.49. The van der Waals surface area contributed by atoms with Crippen molar-refractivity contribution in [2.45, 2.75) is 46.0 Å². The number of rotatable bonds is 6. The van der Waals surface area contributed by atoms with Gasteiger partial charge < -0.3 is 16.0 Å². The number of anilines is 2. The zero-order valence-corrected chi connectivity index (χ0v) is 14.1. The monoisotopic (exact) mass is 317 g/mol. The van der Waals surface area contributed by atoms with Gasteiger partial charge in [0.25, 0.3) is 0 Å². The average molecular weight is 317 g/mol. The van der Waals surface area contributed by atoms with Gasteiger partial charge in [-0.3, -0.25) is 9.59 Å². The van der Waals surface area contributed by atoms with Crippen LogP contribution in [-0.4, -0.2) is 24.9 Å². The highest BCUT2D eigenvalue weighted by Crippen LogP contribution is 2.22. The molecule has 126 valence electrons. The molecule has 5 nitrogen and oxygen atoms in total. The number of amides is 2. The maximum absolute atomic E-state index is 12.2. The molecule has 1 aromatic carbocycles. The van der Waals surface area contributed by atoms with E-state index in [0.717, 1.165) is 49.3 Å². The highest BCUT2D eigenvalue weighted by Gasteiger charge is 2.15. The molecule has 1 aliphatic rings. The van der Waals surface area contributed by atoms with E-state index >= 15 is 0 Å². The number of hydrogen-bond donors (Lipinski definition) is 3. The van der Waals surface area contributed by atoms with E-state index in [1.165, 1.54) is 0 Å². The summed E-state index contributed by atoms with van der Waals surface area (Å²) in [6.07, 6.45) is 4.25. The van der Waals surface area contributed by atoms with E-state index in [9.17, 15) is 9.59 Å². The summed E-state index contributed by atoms with van der Waals surface area (Å²) < 4.78 is 0. The van der Waals surface area contributed by atoms with E-state index < -0.39 is 0 Å². The quantitative estimate of drug-likeness (QED) is 0.755. The van der Waals surface area contributed by atoms with Crippen molar-refractivity contribution in [2.75, 3.05) is 23.7 Å². The molecule has 2 rings (SSSR count). The van der Waals surface area contributed by atoms with Gasteiger partial charge in [-0.1, -0.05) is 13.0 Å². The molecule has 0 bridgehead atoms. The van der Waals surface area contributed by atoms with Gasteiger partial charge in [0, 0.05) is 24.2 Å². The van der Waals surface area contributed by atoms with E-state index in [4.69, 9.17) is 0 Å². The van der Waals surface area contributed by atoms with Crippen LogP contribution in [-0.2, 0) is 9.59 Å². The zero-order valence-electron chi connectivity index (χ0n) is 14.1. The van der Waals surface area contributed by atoms with Crippen molar-refractivity contribution in [3.05, 3.63) is 23.8 Å². The Labute approximate surface area is 138 Å². The van der Waals surface area contributed by atoms with Gasteiger partial charge in [-0.15, -0.1) is 0 Å². The van der Waals surface area contributed by atoms with Gasteiger partial charge in [0.1, 0.15) is 0 Å². The van der Waals surface area contributed by atoms with E-state index in [2.05, 4.69) is 16.0 Å². The van der Waals surface area contributed by atoms with Crippen molar-refractivity contribution in [1.82, 2.24) is 5.32 Å². The van der Waals surface area contributed by atoms with E-state index in [0.29, 0.717) is 18.8 Å². The summed E-state index contributed by atoms with van der Waals surface area (Å²) in [5, 5.41) is 9.14. The summed E-state index contributed by atoms with van der Waals surface area (Å²) in [6.45, 7) is 5.88. The van der Waals surface area contributed by atoms with Crippen LogP contribution in [0.4, 0.5) is 11.4 Å². The fraction of sp³-hybridized carbons (Fsp3) is 0.556. The minimum atomic E-state index is -0.0305. The van der Waals surface area contributed by atoms with E-state index in [-0.39, 0.29) is 11.8 Å². The third kappa shape index (κ3) is 5.67. The molecule has 5 heteroatoms. The van der Waals surface area contributed by atoms with Crippen LogP contribution in [0.25, 0.3) is 0 Å². The second-order valence-electron chi connectivity index (χ2n) is 6.21. The molecule has 3 N–H and O–H groups in total. The third-order valence-corrected chi connectivity index (χ3v) is 4.35. The van der Waals surface area contributed by atoms with Gasteiger partial charge >= 0.3 is 0 Å². The van der Waals surface area contributed by atoms with Gasteiger partial charge in [0.15, 0.2) is 0 Å². The molecule has 1 fully saturated rings. The molecule has 0 aromatic heterocycles. The lowest BCUT2D eigenvalue weighted by Crippen LogP contribution is -2.28. The number of benzene rings is 1. The molecule has 1 aliphatic heterocycles. The van der Waals surface area contributed by atoms with Gasteiger partial charge in [-0.2, -0.15) is 0 Å². The van der Waals surface area contributed by atoms with Crippen molar-refractivity contribution in [2.24, 2.45) is 5.92 Å². The first kappa shape index (κ1) is 17.5. The van der Waals surface area contributed by atoms with E-state index in [1.807, 2.05) is 32.0 Å². The number of hydrogen-bond acceptors (Lipinski definition) is 3. The van der Waals surface area contributed by atoms with Crippen LogP contribution in [0.15, 0.2) is 18.2 Å². The van der Waals surface area contributed by atoms with Crippen LogP contribution < -0.4 is 16.0 Å². The second-order valence-corrected chi connectivity index (χ2v) is 6.21. The fourth-order valence-corrected chi connectivity index (χ4v) is 2.80. The number of piperidine rings is 1. The Balaban J connectivity index is 1.88. The summed E-state index contributed by atoms with van der Waals surface area (Å²) in [7, 11) is 0. The standard InChI is InChI=1S/C18H27N3O2/c1-3-17(22)20-15-6-4-13(2)16(12-15)21-18(23)7-5-14-8-10-19-11-9-14/h4,6,12,14,19H,3,5,7-11H2,1-2H3,(H,20,22)(H,21,23). The molecule has 0 spiro atoms. The molecule has 0 atom stereocenters. The van der Waals surface area contributed by atoms with Crippen LogP contribution in [0.3, 0.4) is 0 Å². The maximum atomic E-state index is 12.2. The van der Waals surface area contributed by atoms with Gasteiger partial charge in [0.2, 0.25) is 11.8 Å². The molecule has 1 aromatic rings. The smallest absolute Gasteiger partial charge is 0.224 e. The number of nitrogens with one attached hydrogen (secondary N) is 3. The molecule has 1 saturated heterocycles. The first-order valence-corrected chi connectivity index (χ1v) is 8.49. The third-order valence-electron chi connectivity index (χ3n) is 4.35. The van der Waals surface area contributed by atoms with Crippen molar-refractivity contribution in [1.29, 1.82) is 0 Å². The summed E-state index contributed by atoms with van der Waals surface area (Å²) >= 11 is 0. The highest BCUT2D eigenvalue weighted by molar-refractivity contribution is 5.94. The predicted octanol–water partition coefficient (Wildman–Crippen LogP) is 3.06. The van der Waals surface area contributed by atoms with Crippen molar-refractivity contribution in [3.63, 3.8) is 0 Å². The van der Waals surface area contributed by atoms with Gasteiger partial charge in [-0.05, 0) is 62.9 Å². The van der Waals surface area contributed by atoms with Crippen LogP contribution in [0, 0.1) is 12.8 Å². The fourth-order valence-electron chi connectivity index (χ4n) is 2.80. The number of carbonyl (C=O) groups excluding carboxylic acids is 2. The summed E-state index contributed by atoms with van der Waals surface area (Å²) in [4.78, 5) is 23.7. The summed E-state index contributed by atoms with van der Waals surface area (Å²) in [6, 6.07) is 5.59. The molecule has 0 saturated carbocycles. The molecule has 1 heterocycles. The minimum absolute atomic E-state index is 0.0305. The largest absolute Gasteiger partial charge is 0.326 e. The lowest BCUT2D eigenvalue weighted by molar-refractivity contribution is -0.117. The Morgan fingerprint density at radius 2 is 1.91 bits per heavy atom. The molecular formula is C18H27N3O2. The Bertz CT molecular complexity index is 551. The summed E-state index contributed by atoms with van der Waals surface area (Å²) in [5.74, 6) is 0.668. The minimum Gasteiger partial charge on any atom is -0.326 e. The Kier molecular flexibility index (Phi) is 6.59.